The van der Waals surface area contributed by atoms with E-state index in [1.165, 1.54) is 0 Å². The van der Waals surface area contributed by atoms with Crippen LogP contribution in [0, 0.1) is 11.3 Å². The molecule has 1 heterocycles. The molecular weight excluding hydrogens is 304 g/mol. The van der Waals surface area contributed by atoms with Crippen molar-refractivity contribution in [1.82, 2.24) is 10.2 Å². The SMILES string of the molecule is CC(C)(C)C(=O)N1CCCC(C(=O)NCCOc2ccccc2)C1. The molecule has 0 radical (unpaired) electrons. The van der Waals surface area contributed by atoms with Crippen molar-refractivity contribution in [2.45, 2.75) is 33.6 Å². The number of hydrogen-bond donors (Lipinski definition) is 1. The highest BCUT2D eigenvalue weighted by Crippen LogP contribution is 2.23. The van der Waals surface area contributed by atoms with Crippen LogP contribution in [-0.2, 0) is 9.59 Å². The molecule has 1 N–H and O–H groups in total. The molecule has 0 spiro atoms. The first-order valence-corrected chi connectivity index (χ1v) is 8.63. The predicted molar refractivity (Wildman–Crippen MR) is 93.7 cm³/mol. The second-order valence-corrected chi connectivity index (χ2v) is 7.29. The van der Waals surface area contributed by atoms with Gasteiger partial charge in [0.2, 0.25) is 11.8 Å². The normalized spacial score (nSPS) is 18.1. The molecule has 0 aliphatic carbocycles. The number of benzene rings is 1. The molecule has 2 amide bonds. The number of carbonyl (C=O) groups excluding carboxylic acids is 2. The lowest BCUT2D eigenvalue weighted by atomic mass is 9.91. The van der Waals surface area contributed by atoms with E-state index >= 15 is 0 Å². The van der Waals surface area contributed by atoms with Gasteiger partial charge < -0.3 is 15.0 Å². The maximum Gasteiger partial charge on any atom is 0.227 e. The zero-order chi connectivity index (χ0) is 17.6. The summed E-state index contributed by atoms with van der Waals surface area (Å²) in [6, 6.07) is 9.54. The number of likely N-dealkylation sites (tertiary alicyclic amines) is 1. The van der Waals surface area contributed by atoms with Crippen molar-refractivity contribution in [2.24, 2.45) is 11.3 Å². The molecule has 132 valence electrons. The van der Waals surface area contributed by atoms with Gasteiger partial charge in [-0.15, -0.1) is 0 Å². The van der Waals surface area contributed by atoms with Gasteiger partial charge in [0.05, 0.1) is 12.5 Å². The fraction of sp³-hybridized carbons (Fsp3) is 0.579. The molecule has 1 unspecified atom stereocenters. The molecule has 0 aromatic heterocycles. The van der Waals surface area contributed by atoms with Crippen molar-refractivity contribution in [3.63, 3.8) is 0 Å². The average molecular weight is 332 g/mol. The highest BCUT2D eigenvalue weighted by molar-refractivity contribution is 5.83. The minimum Gasteiger partial charge on any atom is -0.492 e. The Morgan fingerprint density at radius 2 is 1.96 bits per heavy atom. The van der Waals surface area contributed by atoms with Crippen molar-refractivity contribution in [1.29, 1.82) is 0 Å². The Morgan fingerprint density at radius 1 is 1.25 bits per heavy atom. The molecule has 1 aliphatic rings. The first kappa shape index (κ1) is 18.3. The molecule has 0 saturated carbocycles. The van der Waals surface area contributed by atoms with Gasteiger partial charge in [0.1, 0.15) is 12.4 Å². The smallest absolute Gasteiger partial charge is 0.227 e. The topological polar surface area (TPSA) is 58.6 Å². The molecule has 5 nitrogen and oxygen atoms in total. The molecule has 24 heavy (non-hydrogen) atoms. The lowest BCUT2D eigenvalue weighted by molar-refractivity contribution is -0.142. The summed E-state index contributed by atoms with van der Waals surface area (Å²) in [5.41, 5.74) is -0.401. The lowest BCUT2D eigenvalue weighted by Gasteiger charge is -2.35. The number of rotatable bonds is 5. The van der Waals surface area contributed by atoms with E-state index in [1.807, 2.05) is 56.0 Å². The largest absolute Gasteiger partial charge is 0.492 e. The molecule has 1 aromatic carbocycles. The Kier molecular flexibility index (Phi) is 6.23. The lowest BCUT2D eigenvalue weighted by Crippen LogP contribution is -2.49. The van der Waals surface area contributed by atoms with E-state index in [2.05, 4.69) is 5.32 Å². The van der Waals surface area contributed by atoms with E-state index in [4.69, 9.17) is 4.74 Å². The van der Waals surface area contributed by atoms with Crippen LogP contribution in [0.25, 0.3) is 0 Å². The summed E-state index contributed by atoms with van der Waals surface area (Å²) in [6.07, 6.45) is 1.71. The summed E-state index contributed by atoms with van der Waals surface area (Å²) in [5.74, 6) is 0.804. The Hall–Kier alpha value is -2.04. The zero-order valence-electron chi connectivity index (χ0n) is 14.9. The summed E-state index contributed by atoms with van der Waals surface area (Å²) in [7, 11) is 0. The van der Waals surface area contributed by atoms with Gasteiger partial charge in [0, 0.05) is 18.5 Å². The van der Waals surface area contributed by atoms with Gasteiger partial charge in [0.25, 0.3) is 0 Å². The summed E-state index contributed by atoms with van der Waals surface area (Å²) < 4.78 is 5.57. The molecule has 1 aromatic rings. The number of amides is 2. The van der Waals surface area contributed by atoms with Crippen molar-refractivity contribution in [3.05, 3.63) is 30.3 Å². The Labute approximate surface area is 144 Å². The predicted octanol–water partition coefficient (Wildman–Crippen LogP) is 2.47. The van der Waals surface area contributed by atoms with E-state index in [1.54, 1.807) is 0 Å². The highest BCUT2D eigenvalue weighted by Gasteiger charge is 2.33. The van der Waals surface area contributed by atoms with E-state index in [0.717, 1.165) is 25.1 Å². The molecule has 0 bridgehead atoms. The Balaban J connectivity index is 1.74. The number of carbonyl (C=O) groups is 2. The minimum absolute atomic E-state index is 0.0121. The number of piperidine rings is 1. The monoisotopic (exact) mass is 332 g/mol. The van der Waals surface area contributed by atoms with Gasteiger partial charge in [0.15, 0.2) is 0 Å². The molecule has 1 fully saturated rings. The fourth-order valence-corrected chi connectivity index (χ4v) is 2.85. The minimum atomic E-state index is -0.401. The van der Waals surface area contributed by atoms with Crippen molar-refractivity contribution in [3.8, 4) is 5.75 Å². The summed E-state index contributed by atoms with van der Waals surface area (Å²) in [4.78, 5) is 26.5. The first-order chi connectivity index (χ1) is 11.4. The number of para-hydroxylation sites is 1. The van der Waals surface area contributed by atoms with Crippen LogP contribution in [-0.4, -0.2) is 43.0 Å². The molecule has 1 aliphatic heterocycles. The highest BCUT2D eigenvalue weighted by atomic mass is 16.5. The third-order valence-corrected chi connectivity index (χ3v) is 4.13. The summed E-state index contributed by atoms with van der Waals surface area (Å²) >= 11 is 0. The standard InChI is InChI=1S/C19H28N2O3/c1-19(2,3)18(23)21-12-7-8-15(14-21)17(22)20-11-13-24-16-9-5-4-6-10-16/h4-6,9-10,15H,7-8,11-14H2,1-3H3,(H,20,22). The van der Waals surface area contributed by atoms with Crippen LogP contribution in [0.15, 0.2) is 30.3 Å². The molecule has 5 heteroatoms. The van der Waals surface area contributed by atoms with Crippen molar-refractivity contribution >= 4 is 11.8 Å². The van der Waals surface area contributed by atoms with Crippen LogP contribution in [0.4, 0.5) is 0 Å². The quantitative estimate of drug-likeness (QED) is 0.843. The maximum absolute atomic E-state index is 12.4. The third kappa shape index (κ3) is 5.25. The van der Waals surface area contributed by atoms with Gasteiger partial charge in [-0.1, -0.05) is 39.0 Å². The van der Waals surface area contributed by atoms with E-state index in [0.29, 0.717) is 19.7 Å². The fourth-order valence-electron chi connectivity index (χ4n) is 2.85. The maximum atomic E-state index is 12.4. The van der Waals surface area contributed by atoms with Crippen LogP contribution in [0.1, 0.15) is 33.6 Å². The van der Waals surface area contributed by atoms with Crippen LogP contribution in [0.5, 0.6) is 5.75 Å². The third-order valence-electron chi connectivity index (χ3n) is 4.13. The van der Waals surface area contributed by atoms with Gasteiger partial charge in [-0.2, -0.15) is 0 Å². The molecular formula is C19H28N2O3. The average Bonchev–Trinajstić information content (AvgIpc) is 2.58. The van der Waals surface area contributed by atoms with E-state index in [9.17, 15) is 9.59 Å². The number of hydrogen-bond acceptors (Lipinski definition) is 3. The second-order valence-electron chi connectivity index (χ2n) is 7.29. The summed E-state index contributed by atoms with van der Waals surface area (Å²) in [5, 5.41) is 2.92. The van der Waals surface area contributed by atoms with E-state index in [-0.39, 0.29) is 17.7 Å². The van der Waals surface area contributed by atoms with Crippen LogP contribution in [0.3, 0.4) is 0 Å². The second kappa shape index (κ2) is 8.18. The number of nitrogens with zero attached hydrogens (tertiary/aromatic N) is 1. The zero-order valence-corrected chi connectivity index (χ0v) is 14.9. The number of ether oxygens (including phenoxy) is 1. The molecule has 2 rings (SSSR count). The van der Waals surface area contributed by atoms with E-state index < -0.39 is 5.41 Å². The van der Waals surface area contributed by atoms with Crippen LogP contribution >= 0.6 is 0 Å². The van der Waals surface area contributed by atoms with Gasteiger partial charge in [-0.3, -0.25) is 9.59 Å². The number of nitrogens with one attached hydrogen (secondary N) is 1. The van der Waals surface area contributed by atoms with Crippen LogP contribution < -0.4 is 10.1 Å². The Morgan fingerprint density at radius 3 is 2.62 bits per heavy atom. The van der Waals surface area contributed by atoms with Gasteiger partial charge in [-0.25, -0.2) is 0 Å². The van der Waals surface area contributed by atoms with Gasteiger partial charge >= 0.3 is 0 Å². The van der Waals surface area contributed by atoms with Crippen molar-refractivity contribution in [2.75, 3.05) is 26.2 Å². The molecule has 1 atom stereocenters. The van der Waals surface area contributed by atoms with Crippen molar-refractivity contribution < 1.29 is 14.3 Å². The first-order valence-electron chi connectivity index (χ1n) is 8.63. The molecule has 1 saturated heterocycles. The van der Waals surface area contributed by atoms with Gasteiger partial charge in [-0.05, 0) is 25.0 Å². The summed E-state index contributed by atoms with van der Waals surface area (Å²) in [6.45, 7) is 7.92. The Bertz CT molecular complexity index is 551. The van der Waals surface area contributed by atoms with Crippen LogP contribution in [0.2, 0.25) is 0 Å².